The standard InChI is InChI=1S/C20H17F4N3O2/c1-12(13-6-5-7-14(10-13)20(22,23)24)29-19(28)26-18-16(11-25-27(18)2)15-8-3-4-9-17(15)21/h3-12H,1-2H3,(H,26,28). The molecule has 0 aliphatic heterocycles. The van der Waals surface area contributed by atoms with Gasteiger partial charge in [0.25, 0.3) is 0 Å². The first-order valence-electron chi connectivity index (χ1n) is 8.58. The topological polar surface area (TPSA) is 56.1 Å². The van der Waals surface area contributed by atoms with Crippen molar-refractivity contribution in [1.82, 2.24) is 9.78 Å². The zero-order valence-corrected chi connectivity index (χ0v) is 15.5. The van der Waals surface area contributed by atoms with Crippen molar-refractivity contribution in [2.75, 3.05) is 5.32 Å². The van der Waals surface area contributed by atoms with E-state index in [0.29, 0.717) is 5.56 Å². The van der Waals surface area contributed by atoms with Crippen LogP contribution in [0.25, 0.3) is 11.1 Å². The van der Waals surface area contributed by atoms with E-state index >= 15 is 0 Å². The summed E-state index contributed by atoms with van der Waals surface area (Å²) in [5.74, 6) is -0.300. The summed E-state index contributed by atoms with van der Waals surface area (Å²) < 4.78 is 59.2. The lowest BCUT2D eigenvalue weighted by Crippen LogP contribution is -2.18. The Balaban J connectivity index is 1.77. The number of carbonyl (C=O) groups is 1. The number of aromatic nitrogens is 2. The van der Waals surface area contributed by atoms with Crippen LogP contribution in [0.5, 0.6) is 0 Å². The molecule has 0 spiro atoms. The van der Waals surface area contributed by atoms with Gasteiger partial charge in [0.05, 0.1) is 11.8 Å². The molecular formula is C20H17F4N3O2. The molecule has 1 N–H and O–H groups in total. The van der Waals surface area contributed by atoms with Crippen LogP contribution in [0.4, 0.5) is 28.2 Å². The van der Waals surface area contributed by atoms with Gasteiger partial charge in [-0.25, -0.2) is 9.18 Å². The Kier molecular flexibility index (Phi) is 5.58. The van der Waals surface area contributed by atoms with Gasteiger partial charge in [-0.3, -0.25) is 10.00 Å². The van der Waals surface area contributed by atoms with E-state index < -0.39 is 29.8 Å². The zero-order chi connectivity index (χ0) is 21.2. The number of ether oxygens (including phenoxy) is 1. The number of alkyl halides is 3. The van der Waals surface area contributed by atoms with Gasteiger partial charge in [-0.05, 0) is 30.7 Å². The number of anilines is 1. The molecule has 0 saturated carbocycles. The third-order valence-corrected chi connectivity index (χ3v) is 4.29. The van der Waals surface area contributed by atoms with Crippen LogP contribution in [0.1, 0.15) is 24.2 Å². The summed E-state index contributed by atoms with van der Waals surface area (Å²) in [6.45, 7) is 1.45. The van der Waals surface area contributed by atoms with Crippen molar-refractivity contribution in [2.45, 2.75) is 19.2 Å². The molecule has 0 saturated heterocycles. The van der Waals surface area contributed by atoms with Gasteiger partial charge in [-0.15, -0.1) is 0 Å². The summed E-state index contributed by atoms with van der Waals surface area (Å²) in [5, 5.41) is 6.50. The van der Waals surface area contributed by atoms with E-state index in [-0.39, 0.29) is 16.9 Å². The molecule has 5 nitrogen and oxygen atoms in total. The maximum atomic E-state index is 14.1. The average molecular weight is 407 g/mol. The SMILES string of the molecule is CC(OC(=O)Nc1c(-c2ccccc2F)cnn1C)c1cccc(C(F)(F)F)c1. The largest absolute Gasteiger partial charge is 0.441 e. The van der Waals surface area contributed by atoms with Crippen LogP contribution in [-0.4, -0.2) is 15.9 Å². The van der Waals surface area contributed by atoms with Crippen LogP contribution in [0.3, 0.4) is 0 Å². The maximum absolute atomic E-state index is 14.1. The Labute approximate surface area is 163 Å². The van der Waals surface area contributed by atoms with Crippen molar-refractivity contribution in [3.63, 3.8) is 0 Å². The van der Waals surface area contributed by atoms with Crippen LogP contribution in [0.2, 0.25) is 0 Å². The molecule has 0 fully saturated rings. The van der Waals surface area contributed by atoms with Crippen molar-refractivity contribution in [1.29, 1.82) is 0 Å². The van der Waals surface area contributed by atoms with E-state index in [9.17, 15) is 22.4 Å². The summed E-state index contributed by atoms with van der Waals surface area (Å²) in [4.78, 5) is 12.3. The lowest BCUT2D eigenvalue weighted by molar-refractivity contribution is -0.137. The molecule has 0 bridgehead atoms. The summed E-state index contributed by atoms with van der Waals surface area (Å²) in [7, 11) is 1.55. The van der Waals surface area contributed by atoms with Crippen LogP contribution >= 0.6 is 0 Å². The second-order valence-electron chi connectivity index (χ2n) is 6.31. The Morgan fingerprint density at radius 3 is 2.55 bits per heavy atom. The number of rotatable bonds is 4. The maximum Gasteiger partial charge on any atom is 0.416 e. The summed E-state index contributed by atoms with van der Waals surface area (Å²) in [6, 6.07) is 10.5. The van der Waals surface area contributed by atoms with E-state index in [1.54, 1.807) is 13.1 Å². The highest BCUT2D eigenvalue weighted by Gasteiger charge is 2.31. The Morgan fingerprint density at radius 2 is 1.86 bits per heavy atom. The fraction of sp³-hybridized carbons (Fsp3) is 0.200. The molecule has 29 heavy (non-hydrogen) atoms. The number of halogens is 4. The number of amides is 1. The van der Waals surface area contributed by atoms with E-state index in [4.69, 9.17) is 4.74 Å². The van der Waals surface area contributed by atoms with E-state index in [1.165, 1.54) is 48.1 Å². The first-order chi connectivity index (χ1) is 13.7. The minimum Gasteiger partial charge on any atom is -0.441 e. The molecule has 1 atom stereocenters. The lowest BCUT2D eigenvalue weighted by Gasteiger charge is -2.16. The summed E-state index contributed by atoms with van der Waals surface area (Å²) >= 11 is 0. The summed E-state index contributed by atoms with van der Waals surface area (Å²) in [6.07, 6.45) is -4.95. The van der Waals surface area contributed by atoms with Gasteiger partial charge in [0, 0.05) is 18.2 Å². The average Bonchev–Trinajstić information content (AvgIpc) is 3.02. The van der Waals surface area contributed by atoms with Crippen molar-refractivity contribution in [2.24, 2.45) is 7.05 Å². The number of hydrogen-bond donors (Lipinski definition) is 1. The highest BCUT2D eigenvalue weighted by molar-refractivity contribution is 5.90. The molecule has 1 amide bonds. The van der Waals surface area contributed by atoms with Crippen LogP contribution in [-0.2, 0) is 18.0 Å². The lowest BCUT2D eigenvalue weighted by atomic mass is 10.1. The molecule has 0 aliphatic rings. The third-order valence-electron chi connectivity index (χ3n) is 4.29. The quantitative estimate of drug-likeness (QED) is 0.577. The van der Waals surface area contributed by atoms with Gasteiger partial charge in [-0.2, -0.15) is 18.3 Å². The number of aryl methyl sites for hydroxylation is 1. The second kappa shape index (κ2) is 7.94. The molecular weight excluding hydrogens is 390 g/mol. The van der Waals surface area contributed by atoms with Crippen molar-refractivity contribution < 1.29 is 27.1 Å². The van der Waals surface area contributed by atoms with Crippen LogP contribution < -0.4 is 5.32 Å². The predicted octanol–water partition coefficient (Wildman–Crippen LogP) is 5.55. The number of benzene rings is 2. The number of carbonyl (C=O) groups excluding carboxylic acids is 1. The van der Waals surface area contributed by atoms with E-state index in [2.05, 4.69) is 10.4 Å². The number of hydrogen-bond acceptors (Lipinski definition) is 3. The molecule has 152 valence electrons. The molecule has 3 aromatic rings. The summed E-state index contributed by atoms with van der Waals surface area (Å²) in [5.41, 5.74) is -0.0651. The molecule has 0 aliphatic carbocycles. The van der Waals surface area contributed by atoms with Gasteiger partial charge in [-0.1, -0.05) is 30.3 Å². The number of nitrogens with one attached hydrogen (secondary N) is 1. The van der Waals surface area contributed by atoms with Gasteiger partial charge in [0.2, 0.25) is 0 Å². The first kappa shape index (κ1) is 20.4. The van der Waals surface area contributed by atoms with Crippen LogP contribution in [0.15, 0.2) is 54.7 Å². The van der Waals surface area contributed by atoms with Gasteiger partial charge < -0.3 is 4.74 Å². The van der Waals surface area contributed by atoms with Crippen molar-refractivity contribution >= 4 is 11.9 Å². The fourth-order valence-electron chi connectivity index (χ4n) is 2.79. The van der Waals surface area contributed by atoms with Gasteiger partial charge >= 0.3 is 12.3 Å². The Morgan fingerprint density at radius 1 is 1.14 bits per heavy atom. The third kappa shape index (κ3) is 4.56. The molecule has 2 aromatic carbocycles. The fourth-order valence-corrected chi connectivity index (χ4v) is 2.79. The van der Waals surface area contributed by atoms with Crippen molar-refractivity contribution in [3.05, 3.63) is 71.7 Å². The molecule has 0 radical (unpaired) electrons. The van der Waals surface area contributed by atoms with Gasteiger partial charge in [0.1, 0.15) is 17.7 Å². The zero-order valence-electron chi connectivity index (χ0n) is 15.5. The molecule has 1 heterocycles. The highest BCUT2D eigenvalue weighted by Crippen LogP contribution is 2.32. The molecule has 9 heteroatoms. The predicted molar refractivity (Wildman–Crippen MR) is 98.6 cm³/mol. The molecule has 1 aromatic heterocycles. The smallest absolute Gasteiger partial charge is 0.416 e. The second-order valence-corrected chi connectivity index (χ2v) is 6.31. The number of nitrogens with zero attached hydrogens (tertiary/aromatic N) is 2. The first-order valence-corrected chi connectivity index (χ1v) is 8.58. The monoisotopic (exact) mass is 407 g/mol. The van der Waals surface area contributed by atoms with Gasteiger partial charge in [0.15, 0.2) is 0 Å². The minimum atomic E-state index is -4.50. The van der Waals surface area contributed by atoms with Crippen molar-refractivity contribution in [3.8, 4) is 11.1 Å². The van der Waals surface area contributed by atoms with E-state index in [1.807, 2.05) is 0 Å². The highest BCUT2D eigenvalue weighted by atomic mass is 19.4. The van der Waals surface area contributed by atoms with E-state index in [0.717, 1.165) is 12.1 Å². The Hall–Kier alpha value is -3.36. The minimum absolute atomic E-state index is 0.189. The molecule has 3 rings (SSSR count). The molecule has 1 unspecified atom stereocenters. The Bertz CT molecular complexity index is 1030. The van der Waals surface area contributed by atoms with Crippen LogP contribution in [0, 0.1) is 5.82 Å². The normalized spacial score (nSPS) is 12.5.